The first-order valence-corrected chi connectivity index (χ1v) is 7.97. The van der Waals surface area contributed by atoms with Gasteiger partial charge in [-0.1, -0.05) is 19.9 Å². The van der Waals surface area contributed by atoms with Gasteiger partial charge in [0.2, 0.25) is 5.91 Å². The van der Waals surface area contributed by atoms with Crippen molar-refractivity contribution in [2.75, 3.05) is 19.6 Å². The Bertz CT molecular complexity index is 394. The number of carbonyl (C=O) groups excluding carboxylic acids is 1. The van der Waals surface area contributed by atoms with Crippen molar-refractivity contribution in [1.29, 1.82) is 0 Å². The highest BCUT2D eigenvalue weighted by atomic mass is 32.1. The normalized spacial score (nSPS) is 26.1. The molecule has 1 aliphatic heterocycles. The Labute approximate surface area is 120 Å². The summed E-state index contributed by atoms with van der Waals surface area (Å²) in [5.74, 6) is 1.54. The predicted molar refractivity (Wildman–Crippen MR) is 80.3 cm³/mol. The lowest BCUT2D eigenvalue weighted by Gasteiger charge is -2.34. The largest absolute Gasteiger partial charge is 0.348 e. The summed E-state index contributed by atoms with van der Waals surface area (Å²) in [5.41, 5.74) is 0. The Morgan fingerprint density at radius 2 is 2.16 bits per heavy atom. The Balaban J connectivity index is 1.81. The minimum atomic E-state index is 0.118. The standard InChI is InChI=1S/C15H24N2OS/c1-11-7-12(2)9-17(8-11)10-15(18)16-13(3)14-5-4-6-19-14/h4-6,11-13H,7-10H2,1-3H3,(H,16,18)/t11-,12+,13-/m1/s1. The van der Waals surface area contributed by atoms with Gasteiger partial charge in [0.15, 0.2) is 0 Å². The van der Waals surface area contributed by atoms with Crippen LogP contribution in [0, 0.1) is 11.8 Å². The fourth-order valence-electron chi connectivity index (χ4n) is 3.02. The maximum absolute atomic E-state index is 12.1. The van der Waals surface area contributed by atoms with Gasteiger partial charge in [0.25, 0.3) is 0 Å². The maximum Gasteiger partial charge on any atom is 0.234 e. The van der Waals surface area contributed by atoms with Crippen molar-refractivity contribution in [1.82, 2.24) is 10.2 Å². The number of thiophene rings is 1. The van der Waals surface area contributed by atoms with Crippen LogP contribution in [0.4, 0.5) is 0 Å². The highest BCUT2D eigenvalue weighted by molar-refractivity contribution is 7.10. The number of rotatable bonds is 4. The molecule has 0 aliphatic carbocycles. The molecule has 1 aromatic heterocycles. The van der Waals surface area contributed by atoms with Crippen LogP contribution in [-0.2, 0) is 4.79 Å². The third-order valence-corrected chi connectivity index (χ3v) is 4.71. The average Bonchev–Trinajstić information content (AvgIpc) is 2.80. The van der Waals surface area contributed by atoms with Gasteiger partial charge in [-0.3, -0.25) is 9.69 Å². The summed E-state index contributed by atoms with van der Waals surface area (Å²) in [5, 5.41) is 5.14. The molecule has 2 heterocycles. The van der Waals surface area contributed by atoms with Crippen LogP contribution in [0.25, 0.3) is 0 Å². The number of likely N-dealkylation sites (tertiary alicyclic amines) is 1. The lowest BCUT2D eigenvalue weighted by atomic mass is 9.92. The van der Waals surface area contributed by atoms with Gasteiger partial charge in [0.05, 0.1) is 12.6 Å². The Morgan fingerprint density at radius 1 is 1.47 bits per heavy atom. The van der Waals surface area contributed by atoms with E-state index in [0.717, 1.165) is 13.1 Å². The molecular formula is C15H24N2OS. The fourth-order valence-corrected chi connectivity index (χ4v) is 3.75. The molecule has 0 spiro atoms. The molecule has 1 amide bonds. The van der Waals surface area contributed by atoms with Crippen molar-refractivity contribution in [3.8, 4) is 0 Å². The van der Waals surface area contributed by atoms with E-state index >= 15 is 0 Å². The first-order chi connectivity index (χ1) is 9.04. The van der Waals surface area contributed by atoms with Crippen molar-refractivity contribution >= 4 is 17.2 Å². The molecule has 1 saturated heterocycles. The van der Waals surface area contributed by atoms with Crippen molar-refractivity contribution in [2.24, 2.45) is 11.8 Å². The van der Waals surface area contributed by atoms with Crippen LogP contribution in [0.2, 0.25) is 0 Å². The molecule has 1 N–H and O–H groups in total. The molecule has 0 radical (unpaired) electrons. The summed E-state index contributed by atoms with van der Waals surface area (Å²) in [4.78, 5) is 15.6. The van der Waals surface area contributed by atoms with E-state index in [1.165, 1.54) is 11.3 Å². The summed E-state index contributed by atoms with van der Waals surface area (Å²) < 4.78 is 0. The molecule has 0 bridgehead atoms. The number of nitrogens with one attached hydrogen (secondary N) is 1. The van der Waals surface area contributed by atoms with Crippen LogP contribution in [0.1, 0.15) is 38.1 Å². The summed E-state index contributed by atoms with van der Waals surface area (Å²) in [6.07, 6.45) is 1.28. The number of amides is 1. The molecule has 3 atom stereocenters. The summed E-state index contributed by atoms with van der Waals surface area (Å²) in [7, 11) is 0. The second kappa shape index (κ2) is 6.53. The zero-order valence-corrected chi connectivity index (χ0v) is 12.9. The van der Waals surface area contributed by atoms with E-state index in [1.807, 2.05) is 18.4 Å². The van der Waals surface area contributed by atoms with E-state index < -0.39 is 0 Å². The van der Waals surface area contributed by atoms with Gasteiger partial charge in [-0.25, -0.2) is 0 Å². The van der Waals surface area contributed by atoms with E-state index in [0.29, 0.717) is 18.4 Å². The van der Waals surface area contributed by atoms with Gasteiger partial charge in [-0.05, 0) is 36.6 Å². The summed E-state index contributed by atoms with van der Waals surface area (Å²) >= 11 is 1.69. The first kappa shape index (κ1) is 14.5. The van der Waals surface area contributed by atoms with Crippen molar-refractivity contribution in [3.63, 3.8) is 0 Å². The number of carbonyl (C=O) groups is 1. The molecule has 1 aliphatic rings. The van der Waals surface area contributed by atoms with E-state index in [2.05, 4.69) is 30.1 Å². The van der Waals surface area contributed by atoms with E-state index in [9.17, 15) is 4.79 Å². The van der Waals surface area contributed by atoms with Crippen LogP contribution < -0.4 is 5.32 Å². The molecule has 106 valence electrons. The zero-order chi connectivity index (χ0) is 13.8. The third-order valence-electron chi connectivity index (χ3n) is 3.66. The van der Waals surface area contributed by atoms with Crippen molar-refractivity contribution < 1.29 is 4.79 Å². The van der Waals surface area contributed by atoms with Gasteiger partial charge >= 0.3 is 0 Å². The second-order valence-electron chi connectivity index (χ2n) is 5.94. The molecule has 3 nitrogen and oxygen atoms in total. The molecule has 19 heavy (non-hydrogen) atoms. The van der Waals surface area contributed by atoms with Crippen LogP contribution in [0.5, 0.6) is 0 Å². The molecule has 0 unspecified atom stereocenters. The molecule has 1 aromatic rings. The molecular weight excluding hydrogens is 256 g/mol. The van der Waals surface area contributed by atoms with Gasteiger partial charge in [0, 0.05) is 18.0 Å². The number of hydrogen-bond acceptors (Lipinski definition) is 3. The SMILES string of the molecule is C[C@@H]1C[C@H](C)CN(CC(=O)N[C@H](C)c2cccs2)C1. The van der Waals surface area contributed by atoms with Gasteiger partial charge in [0.1, 0.15) is 0 Å². The quantitative estimate of drug-likeness (QED) is 0.920. The topological polar surface area (TPSA) is 32.3 Å². The Kier molecular flexibility index (Phi) is 4.99. The molecule has 0 saturated carbocycles. The number of hydrogen-bond donors (Lipinski definition) is 1. The molecule has 1 fully saturated rings. The van der Waals surface area contributed by atoms with Gasteiger partial charge < -0.3 is 5.32 Å². The van der Waals surface area contributed by atoms with E-state index in [4.69, 9.17) is 0 Å². The lowest BCUT2D eigenvalue weighted by Crippen LogP contribution is -2.44. The average molecular weight is 280 g/mol. The Hall–Kier alpha value is -0.870. The fraction of sp³-hybridized carbons (Fsp3) is 0.667. The van der Waals surface area contributed by atoms with Crippen LogP contribution in [-0.4, -0.2) is 30.4 Å². The third kappa shape index (κ3) is 4.32. The smallest absolute Gasteiger partial charge is 0.234 e. The maximum atomic E-state index is 12.1. The lowest BCUT2D eigenvalue weighted by molar-refractivity contribution is -0.123. The molecule has 4 heteroatoms. The highest BCUT2D eigenvalue weighted by Gasteiger charge is 2.23. The van der Waals surface area contributed by atoms with Crippen molar-refractivity contribution in [2.45, 2.75) is 33.2 Å². The Morgan fingerprint density at radius 3 is 2.74 bits per heavy atom. The van der Waals surface area contributed by atoms with Crippen LogP contribution in [0.3, 0.4) is 0 Å². The number of nitrogens with zero attached hydrogens (tertiary/aromatic N) is 1. The van der Waals surface area contributed by atoms with E-state index in [-0.39, 0.29) is 11.9 Å². The van der Waals surface area contributed by atoms with Gasteiger partial charge in [-0.15, -0.1) is 11.3 Å². The highest BCUT2D eigenvalue weighted by Crippen LogP contribution is 2.21. The van der Waals surface area contributed by atoms with Crippen LogP contribution >= 0.6 is 11.3 Å². The van der Waals surface area contributed by atoms with Crippen molar-refractivity contribution in [3.05, 3.63) is 22.4 Å². The monoisotopic (exact) mass is 280 g/mol. The predicted octanol–water partition coefficient (Wildman–Crippen LogP) is 2.90. The molecule has 2 rings (SSSR count). The van der Waals surface area contributed by atoms with Gasteiger partial charge in [-0.2, -0.15) is 0 Å². The zero-order valence-electron chi connectivity index (χ0n) is 12.1. The second-order valence-corrected chi connectivity index (χ2v) is 6.92. The summed E-state index contributed by atoms with van der Waals surface area (Å²) in [6, 6.07) is 4.21. The number of piperidine rings is 1. The summed E-state index contributed by atoms with van der Waals surface area (Å²) in [6.45, 7) is 9.22. The first-order valence-electron chi connectivity index (χ1n) is 7.09. The van der Waals surface area contributed by atoms with E-state index in [1.54, 1.807) is 11.3 Å². The minimum absolute atomic E-state index is 0.118. The minimum Gasteiger partial charge on any atom is -0.348 e. The van der Waals surface area contributed by atoms with Crippen LogP contribution in [0.15, 0.2) is 17.5 Å². The molecule has 0 aromatic carbocycles.